The van der Waals surface area contributed by atoms with Crippen LogP contribution in [0.3, 0.4) is 0 Å². The standard InChI is InChI=1S/C18H24N2O2/c1-3-17(10-11-21)20-18(22)19-13(2)15-9-8-14-6-4-5-7-16(14)12-15/h4-9,12-13,17,21H,3,10-11H2,1-2H3,(H2,19,20,22). The summed E-state index contributed by atoms with van der Waals surface area (Å²) in [6.07, 6.45) is 1.38. The first kappa shape index (κ1) is 16.3. The maximum atomic E-state index is 12.0. The summed E-state index contributed by atoms with van der Waals surface area (Å²) < 4.78 is 0. The number of rotatable bonds is 6. The minimum Gasteiger partial charge on any atom is -0.396 e. The van der Waals surface area contributed by atoms with Crippen LogP contribution in [0.2, 0.25) is 0 Å². The van der Waals surface area contributed by atoms with Gasteiger partial charge in [-0.25, -0.2) is 4.79 Å². The van der Waals surface area contributed by atoms with Crippen molar-refractivity contribution in [2.24, 2.45) is 0 Å². The molecule has 0 bridgehead atoms. The lowest BCUT2D eigenvalue weighted by Crippen LogP contribution is -2.43. The number of fused-ring (bicyclic) bond motifs is 1. The Morgan fingerprint density at radius 3 is 2.55 bits per heavy atom. The number of carbonyl (C=O) groups excluding carboxylic acids is 1. The van der Waals surface area contributed by atoms with Gasteiger partial charge in [-0.3, -0.25) is 0 Å². The van der Waals surface area contributed by atoms with Crippen molar-refractivity contribution in [3.05, 3.63) is 48.0 Å². The van der Waals surface area contributed by atoms with E-state index in [-0.39, 0.29) is 24.7 Å². The van der Waals surface area contributed by atoms with Gasteiger partial charge in [0.05, 0.1) is 6.04 Å². The van der Waals surface area contributed by atoms with Gasteiger partial charge in [-0.2, -0.15) is 0 Å². The van der Waals surface area contributed by atoms with E-state index in [0.29, 0.717) is 6.42 Å². The Morgan fingerprint density at radius 2 is 1.86 bits per heavy atom. The summed E-state index contributed by atoms with van der Waals surface area (Å²) in [5.41, 5.74) is 1.07. The largest absolute Gasteiger partial charge is 0.396 e. The van der Waals surface area contributed by atoms with Gasteiger partial charge in [0, 0.05) is 12.6 Å². The van der Waals surface area contributed by atoms with E-state index in [4.69, 9.17) is 5.11 Å². The predicted molar refractivity (Wildman–Crippen MR) is 89.8 cm³/mol. The molecule has 3 N–H and O–H groups in total. The van der Waals surface area contributed by atoms with Crippen molar-refractivity contribution >= 4 is 16.8 Å². The van der Waals surface area contributed by atoms with E-state index in [0.717, 1.165) is 12.0 Å². The number of hydrogen-bond donors (Lipinski definition) is 3. The molecule has 0 aliphatic heterocycles. The van der Waals surface area contributed by atoms with E-state index in [1.165, 1.54) is 10.8 Å². The molecule has 0 aromatic heterocycles. The van der Waals surface area contributed by atoms with Crippen LogP contribution >= 0.6 is 0 Å². The molecule has 22 heavy (non-hydrogen) atoms. The summed E-state index contributed by atoms with van der Waals surface area (Å²) >= 11 is 0. The quantitative estimate of drug-likeness (QED) is 0.766. The van der Waals surface area contributed by atoms with E-state index in [1.54, 1.807) is 0 Å². The van der Waals surface area contributed by atoms with Crippen LogP contribution in [0.5, 0.6) is 0 Å². The average molecular weight is 300 g/mol. The first-order chi connectivity index (χ1) is 10.6. The molecule has 0 saturated heterocycles. The van der Waals surface area contributed by atoms with Crippen molar-refractivity contribution in [3.63, 3.8) is 0 Å². The molecular formula is C18H24N2O2. The number of hydrogen-bond acceptors (Lipinski definition) is 2. The Hall–Kier alpha value is -2.07. The van der Waals surface area contributed by atoms with Crippen LogP contribution in [0.25, 0.3) is 10.8 Å². The molecule has 0 radical (unpaired) electrons. The molecule has 0 heterocycles. The topological polar surface area (TPSA) is 61.4 Å². The summed E-state index contributed by atoms with van der Waals surface area (Å²) in [7, 11) is 0. The summed E-state index contributed by atoms with van der Waals surface area (Å²) in [6.45, 7) is 4.04. The summed E-state index contributed by atoms with van der Waals surface area (Å²) in [5, 5.41) is 17.2. The minimum absolute atomic E-state index is 0.00815. The maximum absolute atomic E-state index is 12.0. The Kier molecular flexibility index (Phi) is 5.78. The zero-order chi connectivity index (χ0) is 15.9. The van der Waals surface area contributed by atoms with E-state index in [1.807, 2.05) is 32.0 Å². The van der Waals surface area contributed by atoms with Gasteiger partial charge in [0.15, 0.2) is 0 Å². The second kappa shape index (κ2) is 7.80. The fourth-order valence-corrected chi connectivity index (χ4v) is 2.52. The molecule has 2 amide bonds. The highest BCUT2D eigenvalue weighted by atomic mass is 16.3. The SMILES string of the molecule is CCC(CCO)NC(=O)NC(C)c1ccc2ccccc2c1. The molecule has 2 aromatic rings. The van der Waals surface area contributed by atoms with E-state index >= 15 is 0 Å². The molecule has 0 spiro atoms. The zero-order valence-corrected chi connectivity index (χ0v) is 13.2. The highest BCUT2D eigenvalue weighted by molar-refractivity contribution is 5.83. The zero-order valence-electron chi connectivity index (χ0n) is 13.2. The molecule has 2 unspecified atom stereocenters. The third-order valence-electron chi connectivity index (χ3n) is 3.93. The minimum atomic E-state index is -0.194. The first-order valence-corrected chi connectivity index (χ1v) is 7.80. The molecule has 2 atom stereocenters. The van der Waals surface area contributed by atoms with Gasteiger partial charge in [-0.15, -0.1) is 0 Å². The summed E-state index contributed by atoms with van der Waals surface area (Å²) in [5.74, 6) is 0. The summed E-state index contributed by atoms with van der Waals surface area (Å²) in [4.78, 5) is 12.0. The molecule has 2 rings (SSSR count). The lowest BCUT2D eigenvalue weighted by Gasteiger charge is -2.20. The van der Waals surface area contributed by atoms with Crippen LogP contribution in [0.4, 0.5) is 4.79 Å². The fourth-order valence-electron chi connectivity index (χ4n) is 2.52. The number of aliphatic hydroxyl groups is 1. The molecular weight excluding hydrogens is 276 g/mol. The number of urea groups is 1. The Balaban J connectivity index is 2.00. The van der Waals surface area contributed by atoms with Crippen molar-refractivity contribution < 1.29 is 9.90 Å². The molecule has 0 aliphatic rings. The highest BCUT2D eigenvalue weighted by Gasteiger charge is 2.13. The Morgan fingerprint density at radius 1 is 1.14 bits per heavy atom. The van der Waals surface area contributed by atoms with Crippen molar-refractivity contribution in [2.75, 3.05) is 6.61 Å². The van der Waals surface area contributed by atoms with Gasteiger partial charge in [-0.1, -0.05) is 43.3 Å². The van der Waals surface area contributed by atoms with Gasteiger partial charge >= 0.3 is 6.03 Å². The van der Waals surface area contributed by atoms with Crippen LogP contribution in [0.1, 0.15) is 38.3 Å². The molecule has 0 aliphatic carbocycles. The average Bonchev–Trinajstić information content (AvgIpc) is 2.53. The number of benzene rings is 2. The van der Waals surface area contributed by atoms with E-state index < -0.39 is 0 Å². The van der Waals surface area contributed by atoms with Crippen LogP contribution in [-0.2, 0) is 0 Å². The first-order valence-electron chi connectivity index (χ1n) is 7.80. The second-order valence-electron chi connectivity index (χ2n) is 5.56. The third-order valence-corrected chi connectivity index (χ3v) is 3.93. The molecule has 0 saturated carbocycles. The lowest BCUT2D eigenvalue weighted by molar-refractivity contribution is 0.225. The fraction of sp³-hybridized carbons (Fsp3) is 0.389. The van der Waals surface area contributed by atoms with Crippen molar-refractivity contribution in [1.82, 2.24) is 10.6 Å². The number of amides is 2. The van der Waals surface area contributed by atoms with Crippen LogP contribution < -0.4 is 10.6 Å². The van der Waals surface area contributed by atoms with Crippen molar-refractivity contribution in [2.45, 2.75) is 38.8 Å². The van der Waals surface area contributed by atoms with E-state index in [2.05, 4.69) is 34.9 Å². The monoisotopic (exact) mass is 300 g/mol. The molecule has 118 valence electrons. The summed E-state index contributed by atoms with van der Waals surface area (Å²) in [6, 6.07) is 14.1. The lowest BCUT2D eigenvalue weighted by atomic mass is 10.0. The van der Waals surface area contributed by atoms with Gasteiger partial charge in [0.25, 0.3) is 0 Å². The van der Waals surface area contributed by atoms with Crippen LogP contribution in [0, 0.1) is 0 Å². The van der Waals surface area contributed by atoms with Gasteiger partial charge in [0.2, 0.25) is 0 Å². The van der Waals surface area contributed by atoms with E-state index in [9.17, 15) is 4.79 Å². The second-order valence-corrected chi connectivity index (χ2v) is 5.56. The normalized spacial score (nSPS) is 13.6. The number of aliphatic hydroxyl groups excluding tert-OH is 1. The van der Waals surface area contributed by atoms with Crippen LogP contribution in [-0.4, -0.2) is 23.8 Å². The van der Waals surface area contributed by atoms with Gasteiger partial charge in [0.1, 0.15) is 0 Å². The number of carbonyl (C=O) groups is 1. The van der Waals surface area contributed by atoms with Gasteiger partial charge < -0.3 is 15.7 Å². The molecule has 4 heteroatoms. The molecule has 2 aromatic carbocycles. The van der Waals surface area contributed by atoms with Crippen molar-refractivity contribution in [3.8, 4) is 0 Å². The maximum Gasteiger partial charge on any atom is 0.315 e. The molecule has 4 nitrogen and oxygen atoms in total. The van der Waals surface area contributed by atoms with Crippen molar-refractivity contribution in [1.29, 1.82) is 0 Å². The predicted octanol–water partition coefficient (Wildman–Crippen LogP) is 3.36. The van der Waals surface area contributed by atoms with Gasteiger partial charge in [-0.05, 0) is 42.2 Å². The highest BCUT2D eigenvalue weighted by Crippen LogP contribution is 2.20. The number of nitrogens with one attached hydrogen (secondary N) is 2. The smallest absolute Gasteiger partial charge is 0.315 e. The van der Waals surface area contributed by atoms with Crippen LogP contribution in [0.15, 0.2) is 42.5 Å². The molecule has 0 fully saturated rings. The Labute approximate surface area is 131 Å². The Bertz CT molecular complexity index is 627. The third kappa shape index (κ3) is 4.21.